The summed E-state index contributed by atoms with van der Waals surface area (Å²) in [7, 11) is 5.95. The Morgan fingerprint density at radius 3 is 2.18 bits per heavy atom. The molecular formula is C24H25Cl2NO7. The summed E-state index contributed by atoms with van der Waals surface area (Å²) >= 11 is 12.5. The Labute approximate surface area is 207 Å². The molecule has 34 heavy (non-hydrogen) atoms. The van der Waals surface area contributed by atoms with Crippen LogP contribution in [-0.4, -0.2) is 63.3 Å². The van der Waals surface area contributed by atoms with Crippen molar-refractivity contribution in [1.82, 2.24) is 4.90 Å². The summed E-state index contributed by atoms with van der Waals surface area (Å²) in [6.45, 7) is 0.629. The second-order valence-electron chi connectivity index (χ2n) is 7.43. The average Bonchev–Trinajstić information content (AvgIpc) is 3.08. The molecule has 1 heterocycles. The van der Waals surface area contributed by atoms with Gasteiger partial charge in [0.05, 0.1) is 43.0 Å². The Kier molecular flexibility index (Phi) is 8.30. The SMILES string of the molecule is COCCCN1C(=O)C(=O)/C(=C(/O)c2cc(Cl)c(OC)c(Cl)c2)C1c1ccc(OC)c(OC)c1. The fourth-order valence-electron chi connectivity index (χ4n) is 3.91. The lowest BCUT2D eigenvalue weighted by molar-refractivity contribution is -0.140. The molecule has 1 aliphatic rings. The molecule has 2 aromatic rings. The van der Waals surface area contributed by atoms with Crippen molar-refractivity contribution in [1.29, 1.82) is 0 Å². The van der Waals surface area contributed by atoms with Gasteiger partial charge in [0.25, 0.3) is 11.7 Å². The number of Topliss-reactive ketones (excluding diaryl/α,β-unsaturated/α-hetero) is 1. The number of ketones is 1. The smallest absolute Gasteiger partial charge is 0.295 e. The minimum Gasteiger partial charge on any atom is -0.507 e. The predicted octanol–water partition coefficient (Wildman–Crippen LogP) is 4.48. The quantitative estimate of drug-likeness (QED) is 0.230. The third-order valence-corrected chi connectivity index (χ3v) is 6.05. The Bertz CT molecular complexity index is 1110. The number of carbonyl (C=O) groups is 2. The van der Waals surface area contributed by atoms with E-state index < -0.39 is 23.5 Å². The summed E-state index contributed by atoms with van der Waals surface area (Å²) in [5.74, 6) is -0.828. The Morgan fingerprint density at radius 2 is 1.62 bits per heavy atom. The summed E-state index contributed by atoms with van der Waals surface area (Å²) < 4.78 is 21.0. The molecule has 8 nitrogen and oxygen atoms in total. The third-order valence-electron chi connectivity index (χ3n) is 5.49. The lowest BCUT2D eigenvalue weighted by Crippen LogP contribution is -2.31. The Hall–Kier alpha value is -2.94. The van der Waals surface area contributed by atoms with E-state index in [9.17, 15) is 14.7 Å². The summed E-state index contributed by atoms with van der Waals surface area (Å²) in [5, 5.41) is 11.5. The van der Waals surface area contributed by atoms with Crippen molar-refractivity contribution < 1.29 is 33.6 Å². The van der Waals surface area contributed by atoms with Crippen LogP contribution in [0.15, 0.2) is 35.9 Å². The second-order valence-corrected chi connectivity index (χ2v) is 8.24. The van der Waals surface area contributed by atoms with E-state index in [1.807, 2.05) is 0 Å². The van der Waals surface area contributed by atoms with E-state index in [2.05, 4.69) is 0 Å². The number of hydrogen-bond donors (Lipinski definition) is 1. The average molecular weight is 510 g/mol. The minimum absolute atomic E-state index is 0.0908. The molecule has 10 heteroatoms. The molecule has 0 aliphatic carbocycles. The molecule has 1 amide bonds. The lowest BCUT2D eigenvalue weighted by Gasteiger charge is -2.26. The zero-order chi connectivity index (χ0) is 25.0. The minimum atomic E-state index is -0.878. The van der Waals surface area contributed by atoms with Crippen molar-refractivity contribution in [3.63, 3.8) is 0 Å². The molecule has 2 aromatic carbocycles. The van der Waals surface area contributed by atoms with E-state index in [0.29, 0.717) is 30.1 Å². The molecule has 1 N–H and O–H groups in total. The van der Waals surface area contributed by atoms with Crippen LogP contribution in [0.25, 0.3) is 5.76 Å². The maximum absolute atomic E-state index is 13.1. The normalized spacial score (nSPS) is 17.2. The number of aliphatic hydroxyl groups excluding tert-OH is 1. The van der Waals surface area contributed by atoms with Crippen LogP contribution in [0.5, 0.6) is 17.2 Å². The third kappa shape index (κ3) is 4.80. The molecule has 0 radical (unpaired) electrons. The first kappa shape index (κ1) is 25.7. The molecule has 0 aromatic heterocycles. The largest absolute Gasteiger partial charge is 0.507 e. The topological polar surface area (TPSA) is 94.5 Å². The highest BCUT2D eigenvalue weighted by atomic mass is 35.5. The first-order valence-corrected chi connectivity index (χ1v) is 11.1. The first-order chi connectivity index (χ1) is 16.3. The number of carbonyl (C=O) groups excluding carboxylic acids is 2. The van der Waals surface area contributed by atoms with Crippen molar-refractivity contribution in [2.45, 2.75) is 12.5 Å². The van der Waals surface area contributed by atoms with Gasteiger partial charge in [0, 0.05) is 25.8 Å². The van der Waals surface area contributed by atoms with Crippen LogP contribution >= 0.6 is 23.2 Å². The molecule has 1 fully saturated rings. The van der Waals surface area contributed by atoms with Gasteiger partial charge in [0.15, 0.2) is 17.2 Å². The molecular weight excluding hydrogens is 485 g/mol. The van der Waals surface area contributed by atoms with Crippen LogP contribution in [0, 0.1) is 0 Å². The van der Waals surface area contributed by atoms with Gasteiger partial charge in [0.2, 0.25) is 0 Å². The lowest BCUT2D eigenvalue weighted by atomic mass is 9.95. The van der Waals surface area contributed by atoms with E-state index >= 15 is 0 Å². The van der Waals surface area contributed by atoms with Crippen LogP contribution in [0.3, 0.4) is 0 Å². The van der Waals surface area contributed by atoms with E-state index in [1.54, 1.807) is 25.3 Å². The van der Waals surface area contributed by atoms with Crippen LogP contribution < -0.4 is 14.2 Å². The molecule has 1 unspecified atom stereocenters. The standard InChI is InChI=1S/C24H25Cl2NO7/c1-31-9-5-8-27-20(13-6-7-17(32-2)18(12-13)33-3)19(22(29)24(27)30)21(28)14-10-15(25)23(34-4)16(26)11-14/h6-7,10-12,20,28H,5,8-9H2,1-4H3/b21-19+. The summed E-state index contributed by atoms with van der Waals surface area (Å²) in [4.78, 5) is 27.5. The molecule has 1 atom stereocenters. The van der Waals surface area contributed by atoms with Gasteiger partial charge in [-0.3, -0.25) is 9.59 Å². The highest BCUT2D eigenvalue weighted by Crippen LogP contribution is 2.43. The van der Waals surface area contributed by atoms with Crippen molar-refractivity contribution >= 4 is 40.7 Å². The van der Waals surface area contributed by atoms with Gasteiger partial charge in [-0.05, 0) is 36.2 Å². The van der Waals surface area contributed by atoms with Gasteiger partial charge >= 0.3 is 0 Å². The van der Waals surface area contributed by atoms with Gasteiger partial charge in [0.1, 0.15) is 5.76 Å². The zero-order valence-corrected chi connectivity index (χ0v) is 20.7. The van der Waals surface area contributed by atoms with Crippen molar-refractivity contribution in [2.75, 3.05) is 41.6 Å². The van der Waals surface area contributed by atoms with E-state index in [4.69, 9.17) is 42.1 Å². The van der Waals surface area contributed by atoms with Crippen molar-refractivity contribution in [2.24, 2.45) is 0 Å². The number of methoxy groups -OCH3 is 4. The number of benzene rings is 2. The number of nitrogens with zero attached hydrogens (tertiary/aromatic N) is 1. The zero-order valence-electron chi connectivity index (χ0n) is 19.2. The van der Waals surface area contributed by atoms with Crippen molar-refractivity contribution in [3.8, 4) is 17.2 Å². The van der Waals surface area contributed by atoms with Gasteiger partial charge in [-0.15, -0.1) is 0 Å². The number of ether oxygens (including phenoxy) is 4. The van der Waals surface area contributed by atoms with Gasteiger partial charge in [-0.25, -0.2) is 0 Å². The van der Waals surface area contributed by atoms with E-state index in [-0.39, 0.29) is 33.5 Å². The fourth-order valence-corrected chi connectivity index (χ4v) is 4.55. The molecule has 0 bridgehead atoms. The predicted molar refractivity (Wildman–Crippen MR) is 128 cm³/mol. The highest BCUT2D eigenvalue weighted by Gasteiger charge is 2.46. The first-order valence-electron chi connectivity index (χ1n) is 10.3. The van der Waals surface area contributed by atoms with Crippen molar-refractivity contribution in [3.05, 3.63) is 57.1 Å². The number of hydrogen-bond acceptors (Lipinski definition) is 7. The number of amides is 1. The van der Waals surface area contributed by atoms with Crippen LogP contribution in [0.2, 0.25) is 10.0 Å². The monoisotopic (exact) mass is 509 g/mol. The Balaban J connectivity index is 2.21. The van der Waals surface area contributed by atoms with Gasteiger partial charge in [-0.1, -0.05) is 29.3 Å². The Morgan fingerprint density at radius 1 is 0.971 bits per heavy atom. The van der Waals surface area contributed by atoms with Gasteiger partial charge in [-0.2, -0.15) is 0 Å². The number of rotatable bonds is 9. The summed E-state index contributed by atoms with van der Waals surface area (Å²) in [5.41, 5.74) is 0.643. The van der Waals surface area contributed by atoms with Crippen LogP contribution in [-0.2, 0) is 14.3 Å². The van der Waals surface area contributed by atoms with Crippen LogP contribution in [0.1, 0.15) is 23.6 Å². The van der Waals surface area contributed by atoms with Gasteiger partial charge < -0.3 is 29.0 Å². The van der Waals surface area contributed by atoms with E-state index in [1.165, 1.54) is 38.4 Å². The second kappa shape index (κ2) is 11.0. The molecule has 182 valence electrons. The number of likely N-dealkylation sites (tertiary alicyclic amines) is 1. The summed E-state index contributed by atoms with van der Waals surface area (Å²) in [6.07, 6.45) is 0.494. The van der Waals surface area contributed by atoms with Crippen LogP contribution in [0.4, 0.5) is 0 Å². The molecule has 0 saturated carbocycles. The molecule has 1 aliphatic heterocycles. The maximum Gasteiger partial charge on any atom is 0.295 e. The maximum atomic E-state index is 13.1. The fraction of sp³-hybridized carbons (Fsp3) is 0.333. The number of halogens is 2. The molecule has 0 spiro atoms. The summed E-state index contributed by atoms with van der Waals surface area (Å²) in [6, 6.07) is 7.01. The van der Waals surface area contributed by atoms with E-state index in [0.717, 1.165) is 0 Å². The molecule has 1 saturated heterocycles. The highest BCUT2D eigenvalue weighted by molar-refractivity contribution is 6.46. The number of aliphatic hydroxyl groups is 1. The molecule has 3 rings (SSSR count).